The van der Waals surface area contributed by atoms with Crippen molar-refractivity contribution in [3.05, 3.63) is 58.1 Å². The van der Waals surface area contributed by atoms with Crippen molar-refractivity contribution in [2.24, 2.45) is 0 Å². The van der Waals surface area contributed by atoms with Crippen LogP contribution in [0.1, 0.15) is 5.82 Å². The summed E-state index contributed by atoms with van der Waals surface area (Å²) in [6.07, 6.45) is -4.74. The smallest absolute Gasteiger partial charge is 0.395 e. The predicted octanol–water partition coefficient (Wildman–Crippen LogP) is 5.28. The van der Waals surface area contributed by atoms with Gasteiger partial charge in [0.1, 0.15) is 5.69 Å². The van der Waals surface area contributed by atoms with Gasteiger partial charge in [0.2, 0.25) is 11.8 Å². The molecular formula is C20H14Cl2F4N6O. The molecule has 2 heterocycles. The van der Waals surface area contributed by atoms with Gasteiger partial charge in [-0.3, -0.25) is 0 Å². The van der Waals surface area contributed by atoms with Gasteiger partial charge in [0, 0.05) is 17.8 Å². The molecule has 0 fully saturated rings. The van der Waals surface area contributed by atoms with Crippen LogP contribution in [0.15, 0.2) is 36.4 Å². The summed E-state index contributed by atoms with van der Waals surface area (Å²) < 4.78 is 56.2. The van der Waals surface area contributed by atoms with Crippen molar-refractivity contribution in [1.29, 1.82) is 0 Å². The third-order valence-corrected chi connectivity index (χ3v) is 5.39. The van der Waals surface area contributed by atoms with Crippen LogP contribution in [0.5, 0.6) is 0 Å². The van der Waals surface area contributed by atoms with Gasteiger partial charge in [0.25, 0.3) is 0 Å². The van der Waals surface area contributed by atoms with Crippen LogP contribution in [0, 0.1) is 5.82 Å². The van der Waals surface area contributed by atoms with E-state index in [2.05, 4.69) is 20.3 Å². The summed E-state index contributed by atoms with van der Waals surface area (Å²) in [5, 5.41) is 12.4. The lowest BCUT2D eigenvalue weighted by Gasteiger charge is -2.12. The van der Waals surface area contributed by atoms with Crippen molar-refractivity contribution >= 4 is 51.7 Å². The van der Waals surface area contributed by atoms with Gasteiger partial charge in [-0.2, -0.15) is 18.2 Å². The molecule has 0 radical (unpaired) electrons. The van der Waals surface area contributed by atoms with E-state index in [4.69, 9.17) is 34.0 Å². The Balaban J connectivity index is 1.80. The van der Waals surface area contributed by atoms with E-state index in [0.29, 0.717) is 10.7 Å². The number of anilines is 3. The average molecular weight is 501 g/mol. The number of nitrogens with two attached hydrogens (primary N) is 1. The number of aliphatic hydroxyl groups excluding tert-OH is 1. The zero-order valence-corrected chi connectivity index (χ0v) is 18.0. The number of nitrogen functional groups attached to an aromatic ring is 1. The molecule has 2 aromatic heterocycles. The van der Waals surface area contributed by atoms with E-state index < -0.39 is 24.4 Å². The van der Waals surface area contributed by atoms with E-state index in [0.717, 1.165) is 4.57 Å². The number of aromatic nitrogens is 4. The lowest BCUT2D eigenvalue weighted by molar-refractivity contribution is -0.147. The lowest BCUT2D eigenvalue weighted by Crippen LogP contribution is -2.16. The third-order valence-electron chi connectivity index (χ3n) is 4.65. The summed E-state index contributed by atoms with van der Waals surface area (Å²) in [6.45, 7) is -0.825. The molecule has 0 atom stereocenters. The highest BCUT2D eigenvalue weighted by molar-refractivity contribution is 6.42. The van der Waals surface area contributed by atoms with E-state index in [1.807, 2.05) is 0 Å². The number of imidazole rings is 1. The second-order valence-electron chi connectivity index (χ2n) is 6.86. The molecule has 4 N–H and O–H groups in total. The second kappa shape index (κ2) is 8.65. The second-order valence-corrected chi connectivity index (χ2v) is 7.67. The monoisotopic (exact) mass is 500 g/mol. The van der Waals surface area contributed by atoms with Crippen LogP contribution in [0.2, 0.25) is 10.0 Å². The van der Waals surface area contributed by atoms with Gasteiger partial charge < -0.3 is 20.7 Å². The Bertz CT molecular complexity index is 1360. The van der Waals surface area contributed by atoms with E-state index in [1.54, 1.807) is 6.07 Å². The maximum absolute atomic E-state index is 15.3. The molecule has 0 spiro atoms. The van der Waals surface area contributed by atoms with Gasteiger partial charge in [-0.1, -0.05) is 29.3 Å². The first kappa shape index (κ1) is 23.0. The highest BCUT2D eigenvalue weighted by Gasteiger charge is 2.37. The fourth-order valence-electron chi connectivity index (χ4n) is 3.27. The number of hydrogen-bond acceptors (Lipinski definition) is 6. The highest BCUT2D eigenvalue weighted by atomic mass is 35.5. The van der Waals surface area contributed by atoms with Crippen molar-refractivity contribution in [3.63, 3.8) is 0 Å². The van der Waals surface area contributed by atoms with Crippen LogP contribution in [-0.2, 0) is 12.7 Å². The molecule has 0 amide bonds. The van der Waals surface area contributed by atoms with Crippen LogP contribution in [-0.4, -0.2) is 31.2 Å². The standard InChI is InChI=1S/C20H14Cl2F4N6O/c21-11-3-2-10(8-12(11)22)28-17-15(23)16(30-19(27)31-17)9-1-4-14-13(7-9)29-18(20(24,25)26)32(14)5-6-33/h1-4,7-8,33H,5-6H2,(H3,27,28,30,31). The van der Waals surface area contributed by atoms with E-state index in [1.165, 1.54) is 30.3 Å². The summed E-state index contributed by atoms with van der Waals surface area (Å²) in [6, 6.07) is 8.48. The summed E-state index contributed by atoms with van der Waals surface area (Å²) in [7, 11) is 0. The fraction of sp³-hybridized carbons (Fsp3) is 0.150. The summed E-state index contributed by atoms with van der Waals surface area (Å²) in [5.74, 6) is -2.59. The quantitative estimate of drug-likeness (QED) is 0.322. The first-order valence-corrected chi connectivity index (χ1v) is 10.1. The number of nitrogens with one attached hydrogen (secondary N) is 1. The molecule has 13 heteroatoms. The first-order valence-electron chi connectivity index (χ1n) is 9.32. The van der Waals surface area contributed by atoms with Gasteiger partial charge in [-0.25, -0.2) is 14.4 Å². The molecule has 0 aliphatic rings. The van der Waals surface area contributed by atoms with Crippen molar-refractivity contribution in [3.8, 4) is 11.3 Å². The van der Waals surface area contributed by atoms with Crippen molar-refractivity contribution in [2.45, 2.75) is 12.7 Å². The van der Waals surface area contributed by atoms with Crippen molar-refractivity contribution in [2.75, 3.05) is 17.7 Å². The highest BCUT2D eigenvalue weighted by Crippen LogP contribution is 2.35. The molecule has 172 valence electrons. The number of alkyl halides is 3. The topological polar surface area (TPSA) is 102 Å². The third kappa shape index (κ3) is 4.52. The molecular weight excluding hydrogens is 487 g/mol. The first-order chi connectivity index (χ1) is 15.6. The zero-order valence-electron chi connectivity index (χ0n) is 16.5. The Morgan fingerprint density at radius 2 is 1.79 bits per heavy atom. The van der Waals surface area contributed by atoms with Gasteiger partial charge in [0.05, 0.1) is 27.7 Å². The maximum atomic E-state index is 15.3. The Morgan fingerprint density at radius 1 is 1.03 bits per heavy atom. The number of benzene rings is 2. The fourth-order valence-corrected chi connectivity index (χ4v) is 3.57. The SMILES string of the molecule is Nc1nc(Nc2ccc(Cl)c(Cl)c2)c(F)c(-c2ccc3c(c2)nc(C(F)(F)F)n3CCO)n1. The maximum Gasteiger partial charge on any atom is 0.449 e. The molecule has 2 aromatic carbocycles. The van der Waals surface area contributed by atoms with Gasteiger partial charge in [-0.05, 0) is 30.3 Å². The van der Waals surface area contributed by atoms with Gasteiger partial charge in [0.15, 0.2) is 11.6 Å². The largest absolute Gasteiger partial charge is 0.449 e. The molecule has 0 bridgehead atoms. The minimum absolute atomic E-state index is 0.0520. The molecule has 0 unspecified atom stereocenters. The Hall–Kier alpha value is -3.15. The Labute approximate surface area is 193 Å². The molecule has 0 saturated carbocycles. The molecule has 7 nitrogen and oxygen atoms in total. The molecule has 0 saturated heterocycles. The number of nitrogens with zero attached hydrogens (tertiary/aromatic N) is 4. The van der Waals surface area contributed by atoms with Crippen LogP contribution in [0.4, 0.5) is 35.0 Å². The van der Waals surface area contributed by atoms with Crippen LogP contribution < -0.4 is 11.1 Å². The number of halogens is 6. The van der Waals surface area contributed by atoms with Crippen molar-refractivity contribution < 1.29 is 22.7 Å². The Morgan fingerprint density at radius 3 is 2.45 bits per heavy atom. The van der Waals surface area contributed by atoms with Crippen LogP contribution in [0.25, 0.3) is 22.3 Å². The minimum atomic E-state index is -4.74. The number of rotatable bonds is 5. The normalized spacial score (nSPS) is 11.8. The molecule has 4 rings (SSSR count). The zero-order chi connectivity index (χ0) is 23.9. The van der Waals surface area contributed by atoms with Gasteiger partial charge in [-0.15, -0.1) is 0 Å². The Kier molecular flexibility index (Phi) is 6.04. The summed E-state index contributed by atoms with van der Waals surface area (Å²) in [4.78, 5) is 11.4. The number of hydrogen-bond donors (Lipinski definition) is 3. The van der Waals surface area contributed by atoms with Gasteiger partial charge >= 0.3 is 6.18 Å². The molecule has 0 aliphatic heterocycles. The lowest BCUT2D eigenvalue weighted by atomic mass is 10.1. The van der Waals surface area contributed by atoms with E-state index in [-0.39, 0.29) is 45.6 Å². The number of aliphatic hydroxyl groups is 1. The minimum Gasteiger partial charge on any atom is -0.395 e. The van der Waals surface area contributed by atoms with Crippen molar-refractivity contribution in [1.82, 2.24) is 19.5 Å². The summed E-state index contributed by atoms with van der Waals surface area (Å²) in [5.41, 5.74) is 6.08. The van der Waals surface area contributed by atoms with E-state index >= 15 is 4.39 Å². The van der Waals surface area contributed by atoms with Crippen LogP contribution >= 0.6 is 23.2 Å². The average Bonchev–Trinajstić information content (AvgIpc) is 3.11. The molecule has 4 aromatic rings. The molecule has 0 aliphatic carbocycles. The van der Waals surface area contributed by atoms with E-state index in [9.17, 15) is 13.2 Å². The number of fused-ring (bicyclic) bond motifs is 1. The predicted molar refractivity (Wildman–Crippen MR) is 117 cm³/mol. The van der Waals surface area contributed by atoms with Crippen LogP contribution in [0.3, 0.4) is 0 Å². The molecule has 33 heavy (non-hydrogen) atoms. The summed E-state index contributed by atoms with van der Waals surface area (Å²) >= 11 is 11.9.